The molecule has 3 N–H and O–H groups in total. The number of fused-ring (bicyclic) bond motifs is 1. The molecule has 3 aromatic rings. The van der Waals surface area contributed by atoms with E-state index in [-0.39, 0.29) is 5.82 Å². The summed E-state index contributed by atoms with van der Waals surface area (Å²) >= 11 is 0. The van der Waals surface area contributed by atoms with Crippen LogP contribution in [0.15, 0.2) is 53.5 Å². The highest BCUT2D eigenvalue weighted by molar-refractivity contribution is 5.81. The van der Waals surface area contributed by atoms with Gasteiger partial charge in [-0.3, -0.25) is 4.99 Å². The van der Waals surface area contributed by atoms with Crippen molar-refractivity contribution in [3.63, 3.8) is 0 Å². The monoisotopic (exact) mass is 324 g/mol. The van der Waals surface area contributed by atoms with E-state index < -0.39 is 0 Å². The summed E-state index contributed by atoms with van der Waals surface area (Å²) in [5.74, 6) is 0.524. The van der Waals surface area contributed by atoms with E-state index in [1.807, 2.05) is 18.2 Å². The van der Waals surface area contributed by atoms with Gasteiger partial charge in [0.25, 0.3) is 0 Å². The molecule has 24 heavy (non-hydrogen) atoms. The molecule has 0 unspecified atom stereocenters. The predicted molar refractivity (Wildman–Crippen MR) is 96.5 cm³/mol. The number of aryl methyl sites for hydroxylation is 1. The van der Waals surface area contributed by atoms with Crippen molar-refractivity contribution >= 4 is 16.9 Å². The first-order valence-corrected chi connectivity index (χ1v) is 7.92. The summed E-state index contributed by atoms with van der Waals surface area (Å²) in [6.07, 6.45) is 0. The van der Waals surface area contributed by atoms with Gasteiger partial charge in [-0.25, -0.2) is 4.39 Å². The van der Waals surface area contributed by atoms with Gasteiger partial charge in [0.1, 0.15) is 5.82 Å². The number of benzene rings is 2. The molecule has 1 aromatic heterocycles. The molecule has 0 fully saturated rings. The molecule has 0 amide bonds. The van der Waals surface area contributed by atoms with Crippen molar-refractivity contribution < 1.29 is 4.39 Å². The minimum Gasteiger partial charge on any atom is -0.357 e. The van der Waals surface area contributed by atoms with Gasteiger partial charge in [0.15, 0.2) is 5.96 Å². The Hall–Kier alpha value is -2.82. The molecular formula is C19H21FN4. The van der Waals surface area contributed by atoms with Crippen molar-refractivity contribution in [2.24, 2.45) is 4.99 Å². The van der Waals surface area contributed by atoms with Gasteiger partial charge in [0.2, 0.25) is 0 Å². The fraction of sp³-hybridized carbons (Fsp3) is 0.211. The van der Waals surface area contributed by atoms with Crippen LogP contribution in [0.4, 0.5) is 4.39 Å². The Bertz CT molecular complexity index is 834. The third kappa shape index (κ3) is 3.74. The Balaban J connectivity index is 1.57. The molecule has 0 aliphatic carbocycles. The molecule has 3 rings (SSSR count). The molecule has 0 aliphatic heterocycles. The van der Waals surface area contributed by atoms with Crippen LogP contribution >= 0.6 is 0 Å². The number of H-pyrrole nitrogens is 1. The molecule has 4 nitrogen and oxygen atoms in total. The minimum absolute atomic E-state index is 0.180. The summed E-state index contributed by atoms with van der Waals surface area (Å²) in [5.41, 5.74) is 3.88. The SMILES string of the molecule is CN=C(NCc1ccc(F)c(C)c1)NCc1cc2ccccc2[nH]1. The zero-order valence-corrected chi connectivity index (χ0v) is 13.9. The van der Waals surface area contributed by atoms with Gasteiger partial charge in [-0.05, 0) is 41.6 Å². The van der Waals surface area contributed by atoms with Crippen LogP contribution in [-0.2, 0) is 13.1 Å². The number of aromatic nitrogens is 1. The second kappa shape index (κ2) is 7.17. The van der Waals surface area contributed by atoms with Crippen LogP contribution in [0.1, 0.15) is 16.8 Å². The number of aromatic amines is 1. The first-order chi connectivity index (χ1) is 11.7. The lowest BCUT2D eigenvalue weighted by Crippen LogP contribution is -2.36. The number of hydrogen-bond acceptors (Lipinski definition) is 1. The van der Waals surface area contributed by atoms with E-state index in [2.05, 4.69) is 38.8 Å². The van der Waals surface area contributed by atoms with E-state index in [1.54, 1.807) is 20.0 Å². The topological polar surface area (TPSA) is 52.2 Å². The first-order valence-electron chi connectivity index (χ1n) is 7.92. The molecule has 0 radical (unpaired) electrons. The predicted octanol–water partition coefficient (Wildman–Crippen LogP) is 3.48. The van der Waals surface area contributed by atoms with Crippen LogP contribution in [0.2, 0.25) is 0 Å². The van der Waals surface area contributed by atoms with Gasteiger partial charge in [0, 0.05) is 24.8 Å². The van der Waals surface area contributed by atoms with Crippen molar-refractivity contribution in [1.82, 2.24) is 15.6 Å². The second-order valence-electron chi connectivity index (χ2n) is 5.74. The number of nitrogens with zero attached hydrogens (tertiary/aromatic N) is 1. The molecule has 0 atom stereocenters. The number of guanidine groups is 1. The summed E-state index contributed by atoms with van der Waals surface area (Å²) < 4.78 is 13.3. The molecule has 0 aliphatic rings. The largest absolute Gasteiger partial charge is 0.357 e. The molecule has 0 saturated carbocycles. The third-order valence-electron chi connectivity index (χ3n) is 3.94. The van der Waals surface area contributed by atoms with Crippen molar-refractivity contribution in [3.8, 4) is 0 Å². The molecule has 2 aromatic carbocycles. The standard InChI is InChI=1S/C19H21FN4/c1-13-9-14(7-8-17(13)20)11-22-19(21-2)23-12-16-10-15-5-3-4-6-18(15)24-16/h3-10,24H,11-12H2,1-2H3,(H2,21,22,23). The van der Waals surface area contributed by atoms with Crippen molar-refractivity contribution in [1.29, 1.82) is 0 Å². The third-order valence-corrected chi connectivity index (χ3v) is 3.94. The number of nitrogens with one attached hydrogen (secondary N) is 3. The van der Waals surface area contributed by atoms with Crippen LogP contribution < -0.4 is 10.6 Å². The maximum Gasteiger partial charge on any atom is 0.191 e. The van der Waals surface area contributed by atoms with Crippen LogP contribution in [0, 0.1) is 12.7 Å². The van der Waals surface area contributed by atoms with Crippen LogP contribution in [-0.4, -0.2) is 18.0 Å². The van der Waals surface area contributed by atoms with E-state index >= 15 is 0 Å². The summed E-state index contributed by atoms with van der Waals surface area (Å²) in [4.78, 5) is 7.59. The Labute approximate surface area is 140 Å². The highest BCUT2D eigenvalue weighted by Crippen LogP contribution is 2.14. The molecule has 0 bridgehead atoms. The fourth-order valence-electron chi connectivity index (χ4n) is 2.63. The molecule has 5 heteroatoms. The number of aliphatic imine (C=N–C) groups is 1. The maximum absolute atomic E-state index is 13.3. The average molecular weight is 324 g/mol. The van der Waals surface area contributed by atoms with Crippen molar-refractivity contribution in [2.45, 2.75) is 20.0 Å². The summed E-state index contributed by atoms with van der Waals surface area (Å²) in [6, 6.07) is 15.4. The van der Waals surface area contributed by atoms with Gasteiger partial charge in [-0.1, -0.05) is 30.3 Å². The molecular weight excluding hydrogens is 303 g/mol. The van der Waals surface area contributed by atoms with Gasteiger partial charge < -0.3 is 15.6 Å². The zero-order chi connectivity index (χ0) is 16.9. The first kappa shape index (κ1) is 16.1. The summed E-state index contributed by atoms with van der Waals surface area (Å²) in [6.45, 7) is 3.01. The van der Waals surface area contributed by atoms with E-state index in [1.165, 1.54) is 11.5 Å². The Kier molecular flexibility index (Phi) is 4.79. The lowest BCUT2D eigenvalue weighted by atomic mass is 10.1. The Morgan fingerprint density at radius 2 is 1.88 bits per heavy atom. The van der Waals surface area contributed by atoms with E-state index in [0.29, 0.717) is 24.6 Å². The number of para-hydroxylation sites is 1. The second-order valence-corrected chi connectivity index (χ2v) is 5.74. The van der Waals surface area contributed by atoms with Gasteiger partial charge in [-0.2, -0.15) is 0 Å². The van der Waals surface area contributed by atoms with Crippen molar-refractivity contribution in [3.05, 3.63) is 71.2 Å². The molecule has 0 spiro atoms. The van der Waals surface area contributed by atoms with Gasteiger partial charge in [-0.15, -0.1) is 0 Å². The molecule has 1 heterocycles. The van der Waals surface area contributed by atoms with E-state index in [9.17, 15) is 4.39 Å². The maximum atomic E-state index is 13.3. The molecule has 0 saturated heterocycles. The zero-order valence-electron chi connectivity index (χ0n) is 13.9. The highest BCUT2D eigenvalue weighted by atomic mass is 19.1. The quantitative estimate of drug-likeness (QED) is 0.508. The normalized spacial score (nSPS) is 11.7. The molecule has 124 valence electrons. The van der Waals surface area contributed by atoms with Gasteiger partial charge >= 0.3 is 0 Å². The highest BCUT2D eigenvalue weighted by Gasteiger charge is 2.03. The Morgan fingerprint density at radius 1 is 1.08 bits per heavy atom. The van der Waals surface area contributed by atoms with Crippen LogP contribution in [0.25, 0.3) is 10.9 Å². The Morgan fingerprint density at radius 3 is 2.62 bits per heavy atom. The van der Waals surface area contributed by atoms with Crippen LogP contribution in [0.3, 0.4) is 0 Å². The lowest BCUT2D eigenvalue weighted by molar-refractivity contribution is 0.617. The fourth-order valence-corrected chi connectivity index (χ4v) is 2.63. The summed E-state index contributed by atoms with van der Waals surface area (Å²) in [7, 11) is 1.73. The number of hydrogen-bond donors (Lipinski definition) is 3. The average Bonchev–Trinajstić information content (AvgIpc) is 3.01. The lowest BCUT2D eigenvalue weighted by Gasteiger charge is -2.12. The van der Waals surface area contributed by atoms with Gasteiger partial charge in [0.05, 0.1) is 6.54 Å². The van der Waals surface area contributed by atoms with E-state index in [4.69, 9.17) is 0 Å². The minimum atomic E-state index is -0.180. The van der Waals surface area contributed by atoms with Crippen molar-refractivity contribution in [2.75, 3.05) is 7.05 Å². The smallest absolute Gasteiger partial charge is 0.191 e. The number of halogens is 1. The van der Waals surface area contributed by atoms with Crippen LogP contribution in [0.5, 0.6) is 0 Å². The summed E-state index contributed by atoms with van der Waals surface area (Å²) in [5, 5.41) is 7.71. The van der Waals surface area contributed by atoms with E-state index in [0.717, 1.165) is 16.8 Å². The number of rotatable bonds is 4.